The Morgan fingerprint density at radius 3 is 2.83 bits per heavy atom. The third-order valence-corrected chi connectivity index (χ3v) is 5.94. The highest BCUT2D eigenvalue weighted by atomic mass is 16.4. The van der Waals surface area contributed by atoms with E-state index in [0.29, 0.717) is 35.5 Å². The predicted octanol–water partition coefficient (Wildman–Crippen LogP) is 3.18. The van der Waals surface area contributed by atoms with E-state index in [0.717, 1.165) is 30.9 Å². The zero-order valence-electron chi connectivity index (χ0n) is 20.0. The molecule has 11 nitrogen and oxygen atoms in total. The SMILES string of the molecule is CC(=O)NC1CCN(c2ccc(Nc3ncc(C)c(N(C4=CC=CCC4=O)c4cnco4)n3)cn2)C1. The Labute approximate surface area is 208 Å². The molecule has 2 aliphatic rings. The number of nitrogens with one attached hydrogen (secondary N) is 2. The van der Waals surface area contributed by atoms with Crippen LogP contribution in [0.5, 0.6) is 0 Å². The van der Waals surface area contributed by atoms with E-state index in [4.69, 9.17) is 9.40 Å². The van der Waals surface area contributed by atoms with Crippen LogP contribution in [0.15, 0.2) is 65.5 Å². The molecule has 1 aliphatic heterocycles. The first-order valence-corrected chi connectivity index (χ1v) is 11.7. The maximum atomic E-state index is 12.7. The molecule has 2 N–H and O–H groups in total. The average Bonchev–Trinajstić information content (AvgIpc) is 3.55. The third-order valence-electron chi connectivity index (χ3n) is 5.94. The molecule has 1 aliphatic carbocycles. The van der Waals surface area contributed by atoms with Gasteiger partial charge in [-0.15, -0.1) is 0 Å². The minimum absolute atomic E-state index is 0.0192. The first kappa shape index (κ1) is 23.2. The minimum Gasteiger partial charge on any atom is -0.427 e. The molecule has 36 heavy (non-hydrogen) atoms. The van der Waals surface area contributed by atoms with Crippen molar-refractivity contribution in [2.45, 2.75) is 32.7 Å². The van der Waals surface area contributed by atoms with Gasteiger partial charge >= 0.3 is 0 Å². The zero-order chi connectivity index (χ0) is 25.1. The van der Waals surface area contributed by atoms with E-state index >= 15 is 0 Å². The summed E-state index contributed by atoms with van der Waals surface area (Å²) >= 11 is 0. The van der Waals surface area contributed by atoms with Crippen LogP contribution in [0.4, 0.5) is 29.2 Å². The maximum absolute atomic E-state index is 12.7. The summed E-state index contributed by atoms with van der Waals surface area (Å²) in [6, 6.07) is 3.96. The lowest BCUT2D eigenvalue weighted by Gasteiger charge is -2.25. The summed E-state index contributed by atoms with van der Waals surface area (Å²) < 4.78 is 5.53. The number of hydrogen-bond donors (Lipinski definition) is 2. The number of amides is 1. The number of carbonyl (C=O) groups excluding carboxylic acids is 2. The van der Waals surface area contributed by atoms with Crippen LogP contribution in [-0.2, 0) is 9.59 Å². The number of nitrogens with zero attached hydrogens (tertiary/aromatic N) is 6. The largest absolute Gasteiger partial charge is 0.427 e. The molecule has 4 heterocycles. The molecule has 1 fully saturated rings. The number of anilines is 5. The molecule has 184 valence electrons. The van der Waals surface area contributed by atoms with Crippen molar-refractivity contribution >= 4 is 40.8 Å². The van der Waals surface area contributed by atoms with Crippen molar-refractivity contribution < 1.29 is 14.0 Å². The molecule has 3 aromatic heterocycles. The number of allylic oxidation sites excluding steroid dienone is 4. The van der Waals surface area contributed by atoms with E-state index in [1.807, 2.05) is 31.2 Å². The van der Waals surface area contributed by atoms with Gasteiger partial charge in [-0.3, -0.25) is 14.5 Å². The van der Waals surface area contributed by atoms with E-state index < -0.39 is 0 Å². The molecule has 0 bridgehead atoms. The smallest absolute Gasteiger partial charge is 0.229 e. The van der Waals surface area contributed by atoms with Gasteiger partial charge in [-0.05, 0) is 31.6 Å². The number of pyridine rings is 1. The van der Waals surface area contributed by atoms with Gasteiger partial charge in [0.2, 0.25) is 17.7 Å². The van der Waals surface area contributed by atoms with Gasteiger partial charge in [-0.25, -0.2) is 15.0 Å². The van der Waals surface area contributed by atoms with Crippen LogP contribution >= 0.6 is 0 Å². The number of aromatic nitrogens is 4. The van der Waals surface area contributed by atoms with Crippen LogP contribution in [-0.4, -0.2) is 50.8 Å². The number of hydrogen-bond acceptors (Lipinski definition) is 10. The van der Waals surface area contributed by atoms with Crippen molar-refractivity contribution in [3.8, 4) is 0 Å². The first-order valence-electron chi connectivity index (χ1n) is 11.7. The normalized spacial score (nSPS) is 17.2. The van der Waals surface area contributed by atoms with Gasteiger partial charge in [0.1, 0.15) is 11.6 Å². The summed E-state index contributed by atoms with van der Waals surface area (Å²) in [5, 5.41) is 6.15. The molecule has 0 radical (unpaired) electrons. The van der Waals surface area contributed by atoms with Crippen molar-refractivity contribution in [1.29, 1.82) is 0 Å². The highest BCUT2D eigenvalue weighted by Crippen LogP contribution is 2.33. The number of rotatable bonds is 7. The Morgan fingerprint density at radius 2 is 2.11 bits per heavy atom. The van der Waals surface area contributed by atoms with Gasteiger partial charge in [0.15, 0.2) is 12.2 Å². The van der Waals surface area contributed by atoms with Gasteiger partial charge in [0.25, 0.3) is 0 Å². The molecule has 1 amide bonds. The van der Waals surface area contributed by atoms with Gasteiger partial charge < -0.3 is 20.0 Å². The summed E-state index contributed by atoms with van der Waals surface area (Å²) in [6.45, 7) is 4.96. The molecule has 1 atom stereocenters. The van der Waals surface area contributed by atoms with Crippen molar-refractivity contribution in [1.82, 2.24) is 25.3 Å². The highest BCUT2D eigenvalue weighted by Gasteiger charge is 2.27. The Balaban J connectivity index is 1.36. The van der Waals surface area contributed by atoms with Crippen LogP contribution in [0.1, 0.15) is 25.3 Å². The molecule has 0 spiro atoms. The maximum Gasteiger partial charge on any atom is 0.229 e. The van der Waals surface area contributed by atoms with Crippen molar-refractivity contribution in [3.63, 3.8) is 0 Å². The lowest BCUT2D eigenvalue weighted by atomic mass is 10.1. The molecular weight excluding hydrogens is 460 g/mol. The average molecular weight is 487 g/mol. The van der Waals surface area contributed by atoms with Crippen molar-refractivity contribution in [2.75, 3.05) is 28.2 Å². The third kappa shape index (κ3) is 4.95. The quantitative estimate of drug-likeness (QED) is 0.514. The van der Waals surface area contributed by atoms with E-state index in [9.17, 15) is 9.59 Å². The summed E-state index contributed by atoms with van der Waals surface area (Å²) in [7, 11) is 0. The zero-order valence-corrected chi connectivity index (χ0v) is 20.0. The van der Waals surface area contributed by atoms with Gasteiger partial charge in [0.05, 0.1) is 23.8 Å². The fraction of sp³-hybridized carbons (Fsp3) is 0.280. The molecule has 0 aromatic carbocycles. The fourth-order valence-corrected chi connectivity index (χ4v) is 4.26. The summed E-state index contributed by atoms with van der Waals surface area (Å²) in [6.07, 6.45) is 12.8. The predicted molar refractivity (Wildman–Crippen MR) is 134 cm³/mol. The summed E-state index contributed by atoms with van der Waals surface area (Å²) in [5.41, 5.74) is 1.92. The van der Waals surface area contributed by atoms with E-state index in [1.54, 1.807) is 29.6 Å². The summed E-state index contributed by atoms with van der Waals surface area (Å²) in [4.78, 5) is 45.5. The number of Topliss-reactive ketones (excluding diaryl/α,β-unsaturated/α-hetero) is 1. The topological polar surface area (TPSA) is 129 Å². The highest BCUT2D eigenvalue weighted by molar-refractivity contribution is 6.02. The molecule has 1 saturated heterocycles. The van der Waals surface area contributed by atoms with E-state index in [-0.39, 0.29) is 17.7 Å². The van der Waals surface area contributed by atoms with Crippen LogP contribution in [0.25, 0.3) is 0 Å². The summed E-state index contributed by atoms with van der Waals surface area (Å²) in [5.74, 6) is 2.00. The second-order valence-corrected chi connectivity index (χ2v) is 8.64. The molecule has 0 saturated carbocycles. The number of carbonyl (C=O) groups is 2. The molecule has 3 aromatic rings. The number of aryl methyl sites for hydroxylation is 1. The Morgan fingerprint density at radius 1 is 1.22 bits per heavy atom. The molecule has 5 rings (SSSR count). The lowest BCUT2D eigenvalue weighted by molar-refractivity contribution is -0.119. The Hall–Kier alpha value is -4.54. The van der Waals surface area contributed by atoms with E-state index in [2.05, 4.69) is 30.5 Å². The van der Waals surface area contributed by atoms with Gasteiger partial charge in [0, 0.05) is 44.2 Å². The van der Waals surface area contributed by atoms with Crippen LogP contribution in [0.2, 0.25) is 0 Å². The van der Waals surface area contributed by atoms with Crippen LogP contribution in [0, 0.1) is 6.92 Å². The standard InChI is InChI=1S/C25H26N8O3/c1-16-11-28-25(30-18-7-8-22(27-12-18)32-10-9-19(14-32)29-17(2)34)31-24(16)33(23-13-26-15-36-23)20-5-3-4-6-21(20)35/h3-5,7-8,11-13,15,19H,6,9-10,14H2,1-2H3,(H,29,34)(H,28,30,31). The molecule has 11 heteroatoms. The second-order valence-electron chi connectivity index (χ2n) is 8.64. The number of ketones is 1. The van der Waals surface area contributed by atoms with Crippen molar-refractivity contribution in [3.05, 3.63) is 66.6 Å². The monoisotopic (exact) mass is 486 g/mol. The van der Waals surface area contributed by atoms with Gasteiger partial charge in [-0.2, -0.15) is 4.98 Å². The molecule has 1 unspecified atom stereocenters. The van der Waals surface area contributed by atoms with Crippen molar-refractivity contribution in [2.24, 2.45) is 0 Å². The number of oxazole rings is 1. The second kappa shape index (κ2) is 9.98. The van der Waals surface area contributed by atoms with Crippen LogP contribution in [0.3, 0.4) is 0 Å². The Bertz CT molecular complexity index is 1320. The Kier molecular flexibility index (Phi) is 6.44. The minimum atomic E-state index is -0.0520. The molecular formula is C25H26N8O3. The fourth-order valence-electron chi connectivity index (χ4n) is 4.26. The van der Waals surface area contributed by atoms with Crippen LogP contribution < -0.4 is 20.4 Å². The van der Waals surface area contributed by atoms with Gasteiger partial charge in [-0.1, -0.05) is 12.2 Å². The lowest BCUT2D eigenvalue weighted by Crippen LogP contribution is -2.35. The first-order chi connectivity index (χ1) is 17.5. The van der Waals surface area contributed by atoms with E-state index in [1.165, 1.54) is 13.3 Å².